The smallest absolute Gasteiger partial charge is 0.325 e. The Balaban J connectivity index is 2.24. The lowest BCUT2D eigenvalue weighted by atomic mass is 10.1. The standard InChI is InChI=1S/C14H18N2O2S/c1-2-18-13(17)9-16(10-7-8-10)12-6-4-3-5-11(12)14(15)19/h3-6,10H,2,7-9H2,1H3,(H2,15,19). The molecule has 0 aromatic heterocycles. The molecule has 0 radical (unpaired) electrons. The molecule has 1 aliphatic rings. The van der Waals surface area contributed by atoms with Gasteiger partial charge in [0.05, 0.1) is 6.61 Å². The van der Waals surface area contributed by atoms with Gasteiger partial charge in [0.1, 0.15) is 11.5 Å². The summed E-state index contributed by atoms with van der Waals surface area (Å²) in [6.45, 7) is 2.45. The van der Waals surface area contributed by atoms with Gasteiger partial charge in [0.25, 0.3) is 0 Å². The summed E-state index contributed by atoms with van der Waals surface area (Å²) in [4.78, 5) is 14.1. The van der Waals surface area contributed by atoms with Gasteiger partial charge >= 0.3 is 5.97 Å². The third-order valence-corrected chi connectivity index (χ3v) is 3.29. The highest BCUT2D eigenvalue weighted by molar-refractivity contribution is 7.80. The molecule has 1 aliphatic carbocycles. The van der Waals surface area contributed by atoms with Crippen LogP contribution in [0.4, 0.5) is 5.69 Å². The largest absolute Gasteiger partial charge is 0.465 e. The van der Waals surface area contributed by atoms with E-state index in [1.54, 1.807) is 0 Å². The van der Waals surface area contributed by atoms with E-state index in [9.17, 15) is 4.79 Å². The van der Waals surface area contributed by atoms with Gasteiger partial charge in [-0.1, -0.05) is 24.4 Å². The molecule has 0 spiro atoms. The number of hydrogen-bond donors (Lipinski definition) is 1. The Morgan fingerprint density at radius 3 is 2.74 bits per heavy atom. The van der Waals surface area contributed by atoms with Crippen LogP contribution in [0.3, 0.4) is 0 Å². The Hall–Kier alpha value is -1.62. The van der Waals surface area contributed by atoms with Gasteiger partial charge in [-0.15, -0.1) is 0 Å². The summed E-state index contributed by atoms with van der Waals surface area (Å²) in [6.07, 6.45) is 2.18. The van der Waals surface area contributed by atoms with Gasteiger partial charge in [0, 0.05) is 17.3 Å². The molecule has 102 valence electrons. The van der Waals surface area contributed by atoms with Crippen molar-refractivity contribution >= 4 is 28.9 Å². The number of para-hydroxylation sites is 1. The lowest BCUT2D eigenvalue weighted by molar-refractivity contribution is -0.141. The van der Waals surface area contributed by atoms with Crippen LogP contribution in [-0.2, 0) is 9.53 Å². The molecule has 1 saturated carbocycles. The fourth-order valence-electron chi connectivity index (χ4n) is 2.08. The molecular formula is C14H18N2O2S. The number of ether oxygens (including phenoxy) is 1. The molecular weight excluding hydrogens is 260 g/mol. The Morgan fingerprint density at radius 2 is 2.16 bits per heavy atom. The molecule has 0 saturated heterocycles. The van der Waals surface area contributed by atoms with E-state index in [1.807, 2.05) is 36.1 Å². The highest BCUT2D eigenvalue weighted by atomic mass is 32.1. The minimum atomic E-state index is -0.216. The summed E-state index contributed by atoms with van der Waals surface area (Å²) >= 11 is 5.08. The van der Waals surface area contributed by atoms with Crippen LogP contribution in [0.1, 0.15) is 25.3 Å². The van der Waals surface area contributed by atoms with Gasteiger partial charge < -0.3 is 15.4 Å². The number of anilines is 1. The van der Waals surface area contributed by atoms with Gasteiger partial charge in [0.2, 0.25) is 0 Å². The summed E-state index contributed by atoms with van der Waals surface area (Å²) in [6, 6.07) is 8.05. The van der Waals surface area contributed by atoms with Crippen molar-refractivity contribution in [3.63, 3.8) is 0 Å². The molecule has 2 N–H and O–H groups in total. The molecule has 0 atom stereocenters. The van der Waals surface area contributed by atoms with E-state index in [2.05, 4.69) is 0 Å². The van der Waals surface area contributed by atoms with Gasteiger partial charge in [0.15, 0.2) is 0 Å². The first-order valence-corrected chi connectivity index (χ1v) is 6.85. The quantitative estimate of drug-likeness (QED) is 0.636. The maximum Gasteiger partial charge on any atom is 0.325 e. The van der Waals surface area contributed by atoms with Crippen LogP contribution in [0, 0.1) is 0 Å². The normalized spacial score (nSPS) is 13.9. The molecule has 19 heavy (non-hydrogen) atoms. The van der Waals surface area contributed by atoms with Crippen molar-refractivity contribution in [2.45, 2.75) is 25.8 Å². The summed E-state index contributed by atoms with van der Waals surface area (Å²) in [5.74, 6) is -0.216. The maximum absolute atomic E-state index is 11.7. The summed E-state index contributed by atoms with van der Waals surface area (Å²) in [5.41, 5.74) is 7.49. The van der Waals surface area contributed by atoms with Crippen LogP contribution >= 0.6 is 12.2 Å². The summed E-state index contributed by atoms with van der Waals surface area (Å²) in [7, 11) is 0. The molecule has 5 heteroatoms. The van der Waals surface area contributed by atoms with Crippen LogP contribution < -0.4 is 10.6 Å². The Morgan fingerprint density at radius 1 is 1.47 bits per heavy atom. The Labute approximate surface area is 118 Å². The second-order valence-corrected chi connectivity index (χ2v) is 4.99. The van der Waals surface area contributed by atoms with Gasteiger partial charge in [-0.3, -0.25) is 4.79 Å². The third kappa shape index (κ3) is 3.44. The number of thiocarbonyl (C=S) groups is 1. The van der Waals surface area contributed by atoms with Crippen molar-refractivity contribution in [1.29, 1.82) is 0 Å². The molecule has 0 heterocycles. The summed E-state index contributed by atoms with van der Waals surface area (Å²) < 4.78 is 5.03. The number of hydrogen-bond acceptors (Lipinski definition) is 4. The average Bonchev–Trinajstić information content (AvgIpc) is 3.20. The van der Waals surface area contributed by atoms with Gasteiger partial charge in [-0.2, -0.15) is 0 Å². The van der Waals surface area contributed by atoms with E-state index >= 15 is 0 Å². The van der Waals surface area contributed by atoms with Gasteiger partial charge in [-0.25, -0.2) is 0 Å². The Kier molecular flexibility index (Phi) is 4.37. The monoisotopic (exact) mass is 278 g/mol. The molecule has 1 aromatic carbocycles. The molecule has 0 amide bonds. The number of benzene rings is 1. The van der Waals surface area contributed by atoms with E-state index in [4.69, 9.17) is 22.7 Å². The van der Waals surface area contributed by atoms with E-state index in [-0.39, 0.29) is 12.5 Å². The van der Waals surface area contributed by atoms with E-state index in [0.29, 0.717) is 17.6 Å². The highest BCUT2D eigenvalue weighted by Crippen LogP contribution is 2.33. The minimum Gasteiger partial charge on any atom is -0.465 e. The zero-order chi connectivity index (χ0) is 13.8. The highest BCUT2D eigenvalue weighted by Gasteiger charge is 2.32. The molecule has 0 bridgehead atoms. The SMILES string of the molecule is CCOC(=O)CN(c1ccccc1C(N)=S)C1CC1. The zero-order valence-corrected chi connectivity index (χ0v) is 11.8. The van der Waals surface area contributed by atoms with E-state index in [0.717, 1.165) is 24.1 Å². The molecule has 1 aromatic rings. The first kappa shape index (κ1) is 13.8. The predicted octanol–water partition coefficient (Wildman–Crippen LogP) is 1.85. The first-order chi connectivity index (χ1) is 9.13. The first-order valence-electron chi connectivity index (χ1n) is 6.44. The molecule has 4 nitrogen and oxygen atoms in total. The Bertz CT molecular complexity index is 486. The van der Waals surface area contributed by atoms with Crippen LogP contribution in [0.5, 0.6) is 0 Å². The maximum atomic E-state index is 11.7. The zero-order valence-electron chi connectivity index (χ0n) is 11.0. The topological polar surface area (TPSA) is 55.6 Å². The van der Waals surface area contributed by atoms with Crippen molar-refractivity contribution in [3.05, 3.63) is 29.8 Å². The number of nitrogens with two attached hydrogens (primary N) is 1. The summed E-state index contributed by atoms with van der Waals surface area (Å²) in [5, 5.41) is 0. The predicted molar refractivity (Wildman–Crippen MR) is 79.3 cm³/mol. The van der Waals surface area contributed by atoms with Crippen molar-refractivity contribution < 1.29 is 9.53 Å². The number of nitrogens with zero attached hydrogens (tertiary/aromatic N) is 1. The van der Waals surface area contributed by atoms with Crippen LogP contribution in [0.25, 0.3) is 0 Å². The van der Waals surface area contributed by atoms with E-state index in [1.165, 1.54) is 0 Å². The van der Waals surface area contributed by atoms with E-state index < -0.39 is 0 Å². The van der Waals surface area contributed by atoms with Crippen molar-refractivity contribution in [2.75, 3.05) is 18.1 Å². The number of carbonyl (C=O) groups excluding carboxylic acids is 1. The van der Waals surface area contributed by atoms with Crippen molar-refractivity contribution in [2.24, 2.45) is 5.73 Å². The molecule has 0 aliphatic heterocycles. The lowest BCUT2D eigenvalue weighted by Gasteiger charge is -2.25. The third-order valence-electron chi connectivity index (χ3n) is 3.07. The lowest BCUT2D eigenvalue weighted by Crippen LogP contribution is -2.34. The second-order valence-electron chi connectivity index (χ2n) is 4.55. The number of carbonyl (C=O) groups is 1. The van der Waals surface area contributed by atoms with Gasteiger partial charge in [-0.05, 0) is 31.9 Å². The van der Waals surface area contributed by atoms with Crippen LogP contribution in [-0.4, -0.2) is 30.2 Å². The number of rotatable bonds is 6. The van der Waals surface area contributed by atoms with Crippen molar-refractivity contribution in [3.8, 4) is 0 Å². The fraction of sp³-hybridized carbons (Fsp3) is 0.429. The molecule has 1 fully saturated rings. The number of esters is 1. The fourth-order valence-corrected chi connectivity index (χ4v) is 2.25. The average molecular weight is 278 g/mol. The van der Waals surface area contributed by atoms with Crippen LogP contribution in [0.2, 0.25) is 0 Å². The van der Waals surface area contributed by atoms with Crippen molar-refractivity contribution in [1.82, 2.24) is 0 Å². The second kappa shape index (κ2) is 6.02. The minimum absolute atomic E-state index is 0.216. The molecule has 0 unspecified atom stereocenters. The van der Waals surface area contributed by atoms with Crippen LogP contribution in [0.15, 0.2) is 24.3 Å². The molecule has 2 rings (SSSR count).